The van der Waals surface area contributed by atoms with E-state index >= 15 is 0 Å². The molecule has 0 saturated carbocycles. The molecule has 1 N–H and O–H groups in total. The molecule has 190 valence electrons. The lowest BCUT2D eigenvalue weighted by atomic mass is 10.0. The highest BCUT2D eigenvalue weighted by Gasteiger charge is 2.31. The monoisotopic (exact) mass is 492 g/mol. The Morgan fingerprint density at radius 2 is 1.56 bits per heavy atom. The number of ether oxygens (including phenoxy) is 2. The minimum atomic E-state index is -0.779. The molecular weight excluding hydrogens is 459 g/mol. The molecular formula is C29H33FN2O4. The predicted octanol–water partition coefficient (Wildman–Crippen LogP) is 4.77. The highest BCUT2D eigenvalue weighted by Crippen LogP contribution is 2.19. The van der Waals surface area contributed by atoms with Crippen LogP contribution < -0.4 is 14.8 Å². The zero-order valence-corrected chi connectivity index (χ0v) is 20.9. The zero-order valence-electron chi connectivity index (χ0n) is 20.9. The van der Waals surface area contributed by atoms with Gasteiger partial charge in [-0.25, -0.2) is 4.39 Å². The Morgan fingerprint density at radius 3 is 2.17 bits per heavy atom. The number of carbonyl (C=O) groups excluding carboxylic acids is 2. The first kappa shape index (κ1) is 26.7. The van der Waals surface area contributed by atoms with Gasteiger partial charge in [-0.15, -0.1) is 0 Å². The normalized spacial score (nSPS) is 12.3. The first-order valence-electron chi connectivity index (χ1n) is 12.0. The van der Waals surface area contributed by atoms with Gasteiger partial charge in [0.2, 0.25) is 5.91 Å². The highest BCUT2D eigenvalue weighted by molar-refractivity contribution is 5.88. The Labute approximate surface area is 212 Å². The van der Waals surface area contributed by atoms with Crippen molar-refractivity contribution in [2.24, 2.45) is 0 Å². The minimum Gasteiger partial charge on any atom is -0.497 e. The summed E-state index contributed by atoms with van der Waals surface area (Å²) < 4.78 is 24.4. The smallest absolute Gasteiger partial charge is 0.261 e. The van der Waals surface area contributed by atoms with E-state index in [0.29, 0.717) is 23.5 Å². The molecule has 0 aliphatic rings. The molecule has 2 atom stereocenters. The van der Waals surface area contributed by atoms with Crippen LogP contribution in [0.3, 0.4) is 0 Å². The molecule has 3 aromatic rings. The molecule has 36 heavy (non-hydrogen) atoms. The fraction of sp³-hybridized carbons (Fsp3) is 0.310. The number of methoxy groups -OCH3 is 1. The van der Waals surface area contributed by atoms with Gasteiger partial charge >= 0.3 is 0 Å². The highest BCUT2D eigenvalue weighted by atomic mass is 19.1. The average molecular weight is 493 g/mol. The fourth-order valence-electron chi connectivity index (χ4n) is 3.68. The lowest BCUT2D eigenvalue weighted by molar-refractivity contribution is -0.143. The van der Waals surface area contributed by atoms with Gasteiger partial charge in [-0.2, -0.15) is 0 Å². The summed E-state index contributed by atoms with van der Waals surface area (Å²) >= 11 is 0. The summed E-state index contributed by atoms with van der Waals surface area (Å²) in [6, 6.07) is 21.6. The average Bonchev–Trinajstić information content (AvgIpc) is 2.91. The summed E-state index contributed by atoms with van der Waals surface area (Å²) in [6.07, 6.45) is 1.09. The van der Waals surface area contributed by atoms with Gasteiger partial charge in [0, 0.05) is 19.0 Å². The van der Waals surface area contributed by atoms with Crippen LogP contribution in [0.4, 0.5) is 4.39 Å². The summed E-state index contributed by atoms with van der Waals surface area (Å²) in [6.45, 7) is 3.80. The Kier molecular flexibility index (Phi) is 9.86. The van der Waals surface area contributed by atoms with Gasteiger partial charge in [0.05, 0.1) is 7.11 Å². The molecule has 0 aliphatic heterocycles. The Hall–Kier alpha value is -3.87. The number of rotatable bonds is 12. The zero-order chi connectivity index (χ0) is 25.9. The van der Waals surface area contributed by atoms with Crippen LogP contribution in [0.25, 0.3) is 0 Å². The fourth-order valence-corrected chi connectivity index (χ4v) is 3.68. The molecule has 0 aliphatic carbocycles. The molecule has 0 bridgehead atoms. The van der Waals surface area contributed by atoms with Crippen LogP contribution in [0.5, 0.6) is 11.5 Å². The van der Waals surface area contributed by atoms with Crippen molar-refractivity contribution in [1.29, 1.82) is 0 Å². The largest absolute Gasteiger partial charge is 0.497 e. The number of hydrogen-bond donors (Lipinski definition) is 1. The van der Waals surface area contributed by atoms with E-state index < -0.39 is 6.04 Å². The maximum atomic E-state index is 13.5. The molecule has 0 fully saturated rings. The molecule has 0 unspecified atom stereocenters. The van der Waals surface area contributed by atoms with Gasteiger partial charge in [0.15, 0.2) is 6.61 Å². The van der Waals surface area contributed by atoms with Crippen LogP contribution in [0.1, 0.15) is 31.4 Å². The van der Waals surface area contributed by atoms with E-state index in [2.05, 4.69) is 5.32 Å². The van der Waals surface area contributed by atoms with E-state index in [9.17, 15) is 14.0 Å². The van der Waals surface area contributed by atoms with E-state index in [1.165, 1.54) is 17.0 Å². The van der Waals surface area contributed by atoms with Crippen molar-refractivity contribution < 1.29 is 23.5 Å². The number of benzene rings is 3. The van der Waals surface area contributed by atoms with E-state index in [1.807, 2.05) is 44.2 Å². The Bertz CT molecular complexity index is 1100. The number of nitrogens with one attached hydrogen (secondary N) is 1. The number of nitrogens with zero attached hydrogens (tertiary/aromatic N) is 1. The minimum absolute atomic E-state index is 0.0471. The van der Waals surface area contributed by atoms with E-state index in [-0.39, 0.29) is 36.8 Å². The van der Waals surface area contributed by atoms with Crippen molar-refractivity contribution in [1.82, 2.24) is 10.2 Å². The molecule has 7 heteroatoms. The van der Waals surface area contributed by atoms with Crippen LogP contribution in [0.15, 0.2) is 78.9 Å². The lowest BCUT2D eigenvalue weighted by Crippen LogP contribution is -2.53. The molecule has 2 amide bonds. The third kappa shape index (κ3) is 7.83. The van der Waals surface area contributed by atoms with Crippen LogP contribution >= 0.6 is 0 Å². The van der Waals surface area contributed by atoms with Crippen molar-refractivity contribution in [2.45, 2.75) is 45.3 Å². The number of halogens is 1. The van der Waals surface area contributed by atoms with Gasteiger partial charge in [-0.3, -0.25) is 9.59 Å². The van der Waals surface area contributed by atoms with Crippen molar-refractivity contribution >= 4 is 11.8 Å². The van der Waals surface area contributed by atoms with Crippen molar-refractivity contribution in [3.63, 3.8) is 0 Å². The SMILES string of the molecule is CC[C@H](C)NC(=O)[C@H](Cc1ccccc1)N(Cc1ccc(F)cc1)C(=O)COc1ccc(OC)cc1. The molecule has 0 aromatic heterocycles. The maximum absolute atomic E-state index is 13.5. The van der Waals surface area contributed by atoms with Crippen LogP contribution in [0, 0.1) is 5.82 Å². The summed E-state index contributed by atoms with van der Waals surface area (Å²) in [4.78, 5) is 28.5. The van der Waals surface area contributed by atoms with Crippen LogP contribution in [-0.4, -0.2) is 42.5 Å². The summed E-state index contributed by atoms with van der Waals surface area (Å²) in [7, 11) is 1.57. The van der Waals surface area contributed by atoms with Gasteiger partial charge in [-0.1, -0.05) is 49.4 Å². The summed E-state index contributed by atoms with van der Waals surface area (Å²) in [5.74, 6) is 0.226. The van der Waals surface area contributed by atoms with Crippen molar-refractivity contribution in [3.8, 4) is 11.5 Å². The third-order valence-corrected chi connectivity index (χ3v) is 5.96. The Balaban J connectivity index is 1.88. The second-order valence-corrected chi connectivity index (χ2v) is 8.64. The first-order chi connectivity index (χ1) is 17.4. The Morgan fingerprint density at radius 1 is 0.917 bits per heavy atom. The van der Waals surface area contributed by atoms with Crippen molar-refractivity contribution in [3.05, 3.63) is 95.8 Å². The van der Waals surface area contributed by atoms with E-state index in [4.69, 9.17) is 9.47 Å². The molecule has 0 radical (unpaired) electrons. The lowest BCUT2D eigenvalue weighted by Gasteiger charge is -2.32. The predicted molar refractivity (Wildman–Crippen MR) is 137 cm³/mol. The maximum Gasteiger partial charge on any atom is 0.261 e. The molecule has 6 nitrogen and oxygen atoms in total. The van der Waals surface area contributed by atoms with Gasteiger partial charge in [0.1, 0.15) is 23.4 Å². The van der Waals surface area contributed by atoms with Gasteiger partial charge in [-0.05, 0) is 60.9 Å². The second kappa shape index (κ2) is 13.3. The van der Waals surface area contributed by atoms with Crippen LogP contribution in [-0.2, 0) is 22.6 Å². The van der Waals surface area contributed by atoms with Gasteiger partial charge in [0.25, 0.3) is 5.91 Å². The standard InChI is InChI=1S/C29H33FN2O4/c1-4-21(2)31-29(34)27(18-22-8-6-5-7-9-22)32(19-23-10-12-24(30)13-11-23)28(33)20-36-26-16-14-25(35-3)15-17-26/h5-17,21,27H,4,18-20H2,1-3H3,(H,31,34)/t21-,27-/m0/s1. The van der Waals surface area contributed by atoms with Crippen molar-refractivity contribution in [2.75, 3.05) is 13.7 Å². The van der Waals surface area contributed by atoms with E-state index in [0.717, 1.165) is 12.0 Å². The summed E-state index contributed by atoms with van der Waals surface area (Å²) in [5.41, 5.74) is 1.64. The molecule has 0 saturated heterocycles. The topological polar surface area (TPSA) is 67.9 Å². The number of amides is 2. The molecule has 0 spiro atoms. The van der Waals surface area contributed by atoms with E-state index in [1.54, 1.807) is 43.5 Å². The third-order valence-electron chi connectivity index (χ3n) is 5.96. The van der Waals surface area contributed by atoms with Crippen LogP contribution in [0.2, 0.25) is 0 Å². The molecule has 3 rings (SSSR count). The second-order valence-electron chi connectivity index (χ2n) is 8.64. The molecule has 0 heterocycles. The molecule has 3 aromatic carbocycles. The number of carbonyl (C=O) groups is 2. The quantitative estimate of drug-likeness (QED) is 0.396. The number of hydrogen-bond acceptors (Lipinski definition) is 4. The van der Waals surface area contributed by atoms with Gasteiger partial charge < -0.3 is 19.7 Å². The summed E-state index contributed by atoms with van der Waals surface area (Å²) in [5, 5.41) is 3.02. The first-order valence-corrected chi connectivity index (χ1v) is 12.0.